The van der Waals surface area contributed by atoms with Crippen molar-refractivity contribution in [1.82, 2.24) is 29.6 Å². The van der Waals surface area contributed by atoms with Gasteiger partial charge in [-0.2, -0.15) is 41.4 Å². The van der Waals surface area contributed by atoms with E-state index in [0.717, 1.165) is 25.1 Å². The molecule has 3 aliphatic rings. The van der Waals surface area contributed by atoms with Gasteiger partial charge in [-0.1, -0.05) is 0 Å². The molecule has 3 aliphatic heterocycles. The molecule has 3 atom stereocenters. The molecule has 0 N–H and O–H groups in total. The summed E-state index contributed by atoms with van der Waals surface area (Å²) in [7, 11) is 0. The summed E-state index contributed by atoms with van der Waals surface area (Å²) in [5, 5.41) is 4.18. The highest BCUT2D eigenvalue weighted by Gasteiger charge is 2.45. The highest BCUT2D eigenvalue weighted by Crippen LogP contribution is 2.44. The van der Waals surface area contributed by atoms with Crippen molar-refractivity contribution in [2.45, 2.75) is 89.1 Å². The number of nitrogens with zero attached hydrogens (tertiary/aromatic N) is 7. The molecule has 1 unspecified atom stereocenters. The van der Waals surface area contributed by atoms with Gasteiger partial charge >= 0.3 is 24.5 Å². The van der Waals surface area contributed by atoms with E-state index in [9.17, 15) is 31.1 Å². The maximum absolute atomic E-state index is 16.8. The van der Waals surface area contributed by atoms with E-state index in [0.29, 0.717) is 25.9 Å². The van der Waals surface area contributed by atoms with Crippen LogP contribution in [0.25, 0.3) is 33.1 Å². The van der Waals surface area contributed by atoms with Crippen molar-refractivity contribution in [3.63, 3.8) is 0 Å². The van der Waals surface area contributed by atoms with Gasteiger partial charge in [0.1, 0.15) is 22.6 Å². The third-order valence-electron chi connectivity index (χ3n) is 9.15. The van der Waals surface area contributed by atoms with Gasteiger partial charge < -0.3 is 19.1 Å². The van der Waals surface area contributed by atoms with Crippen molar-refractivity contribution in [1.29, 1.82) is 0 Å². The van der Waals surface area contributed by atoms with Crippen molar-refractivity contribution in [3.05, 3.63) is 35.9 Å². The molecular formula is C33H34F7N7O4. The molecule has 0 spiro atoms. The number of amides is 1. The summed E-state index contributed by atoms with van der Waals surface area (Å²) in [6.45, 7) is 4.18. The Morgan fingerprint density at radius 3 is 2.31 bits per heavy atom. The second-order valence-corrected chi connectivity index (χ2v) is 13.9. The molecule has 51 heavy (non-hydrogen) atoms. The lowest BCUT2D eigenvalue weighted by atomic mass is 9.98. The van der Waals surface area contributed by atoms with E-state index in [1.807, 2.05) is 0 Å². The summed E-state index contributed by atoms with van der Waals surface area (Å²) in [6, 6.07) is 0.492. The second kappa shape index (κ2) is 12.6. The van der Waals surface area contributed by atoms with E-state index in [-0.39, 0.29) is 47.3 Å². The van der Waals surface area contributed by atoms with E-state index in [1.54, 1.807) is 30.6 Å². The van der Waals surface area contributed by atoms with Gasteiger partial charge in [0.15, 0.2) is 18.7 Å². The van der Waals surface area contributed by atoms with Gasteiger partial charge in [-0.3, -0.25) is 9.88 Å². The van der Waals surface area contributed by atoms with Crippen LogP contribution < -0.4 is 9.64 Å². The monoisotopic (exact) mass is 725 g/mol. The first-order valence-electron chi connectivity index (χ1n) is 16.5. The minimum Gasteiger partial charge on any atom is -0.454 e. The summed E-state index contributed by atoms with van der Waals surface area (Å²) in [5.74, 6) is -1.35. The highest BCUT2D eigenvalue weighted by molar-refractivity contribution is 5.99. The molecule has 2 bridgehead atoms. The van der Waals surface area contributed by atoms with Gasteiger partial charge in [-0.15, -0.1) is 0 Å². The van der Waals surface area contributed by atoms with Crippen molar-refractivity contribution < 1.29 is 49.7 Å². The Bertz CT molecular complexity index is 1960. The smallest absolute Gasteiger partial charge is 0.422 e. The number of halogens is 7. The van der Waals surface area contributed by atoms with Crippen LogP contribution in [0, 0.1) is 5.82 Å². The van der Waals surface area contributed by atoms with Crippen molar-refractivity contribution in [3.8, 4) is 17.3 Å². The first kappa shape index (κ1) is 34.9. The zero-order chi connectivity index (χ0) is 36.5. The number of ether oxygens (including phenoxy) is 3. The van der Waals surface area contributed by atoms with Gasteiger partial charge in [-0.25, -0.2) is 13.9 Å². The quantitative estimate of drug-likeness (QED) is 0.194. The zero-order valence-electron chi connectivity index (χ0n) is 27.8. The Hall–Kier alpha value is -4.48. The third kappa shape index (κ3) is 6.81. The molecule has 3 aromatic heterocycles. The number of alkyl halides is 6. The molecule has 4 aromatic rings. The van der Waals surface area contributed by atoms with Gasteiger partial charge in [0.2, 0.25) is 0 Å². The average molecular weight is 726 g/mol. The fourth-order valence-electron chi connectivity index (χ4n) is 7.10. The lowest BCUT2D eigenvalue weighted by Gasteiger charge is -2.42. The molecule has 3 saturated heterocycles. The van der Waals surface area contributed by atoms with Crippen LogP contribution in [0.4, 0.5) is 41.3 Å². The first-order valence-corrected chi connectivity index (χ1v) is 16.5. The molecule has 1 amide bonds. The number of pyridine rings is 1. The molecule has 274 valence electrons. The second-order valence-electron chi connectivity index (χ2n) is 13.9. The van der Waals surface area contributed by atoms with Crippen LogP contribution >= 0.6 is 0 Å². The first-order chi connectivity index (χ1) is 24.0. The van der Waals surface area contributed by atoms with E-state index in [4.69, 9.17) is 14.2 Å². The number of benzene rings is 1. The predicted octanol–water partition coefficient (Wildman–Crippen LogP) is 7.43. The molecule has 6 heterocycles. The van der Waals surface area contributed by atoms with Crippen LogP contribution in [0.2, 0.25) is 0 Å². The van der Waals surface area contributed by atoms with Crippen LogP contribution in [0.15, 0.2) is 24.5 Å². The van der Waals surface area contributed by atoms with Gasteiger partial charge in [0.25, 0.3) is 0 Å². The summed E-state index contributed by atoms with van der Waals surface area (Å²) in [6.07, 6.45) is -5.08. The Balaban J connectivity index is 1.35. The fourth-order valence-corrected chi connectivity index (χ4v) is 7.10. The number of aromatic nitrogens is 5. The number of fused-ring (bicyclic) bond motifs is 4. The SMILES string of the molecule is CC(C)(C)OC(=O)N1[C@@H]2CC[C@H]1CN(c1nc(OCC(F)(F)F)nc3c(F)c(-c4c(C(F)(F)F)ccc5c4cnn5C4CCCCO4)ncc13)C2. The summed E-state index contributed by atoms with van der Waals surface area (Å²) >= 11 is 0. The molecule has 0 saturated carbocycles. The number of rotatable bonds is 5. The van der Waals surface area contributed by atoms with E-state index in [2.05, 4.69) is 20.1 Å². The minimum absolute atomic E-state index is 0.0348. The molecule has 18 heteroatoms. The molecule has 0 radical (unpaired) electrons. The van der Waals surface area contributed by atoms with Crippen LogP contribution in [0.3, 0.4) is 0 Å². The fraction of sp³-hybridized carbons (Fsp3) is 0.545. The number of hydrogen-bond donors (Lipinski definition) is 0. The summed E-state index contributed by atoms with van der Waals surface area (Å²) < 4.78 is 118. The maximum Gasteiger partial charge on any atom is 0.422 e. The lowest BCUT2D eigenvalue weighted by Crippen LogP contribution is -2.57. The number of anilines is 1. The average Bonchev–Trinajstić information content (AvgIpc) is 3.60. The number of carbonyl (C=O) groups excluding carboxylic acids is 1. The number of hydrogen-bond acceptors (Lipinski definition) is 9. The minimum atomic E-state index is -4.94. The molecule has 11 nitrogen and oxygen atoms in total. The Kier molecular flexibility index (Phi) is 8.65. The normalized spacial score (nSPS) is 21.5. The summed E-state index contributed by atoms with van der Waals surface area (Å²) in [5.41, 5.74) is -3.61. The van der Waals surface area contributed by atoms with E-state index >= 15 is 4.39 Å². The van der Waals surface area contributed by atoms with E-state index < -0.39 is 71.0 Å². The third-order valence-corrected chi connectivity index (χ3v) is 9.15. The van der Waals surface area contributed by atoms with Crippen molar-refractivity contribution >= 4 is 33.7 Å². The number of piperazine rings is 1. The Morgan fingerprint density at radius 2 is 1.69 bits per heavy atom. The van der Waals surface area contributed by atoms with Crippen LogP contribution in [-0.4, -0.2) is 85.9 Å². The largest absolute Gasteiger partial charge is 0.454 e. The molecular weight excluding hydrogens is 691 g/mol. The number of carbonyl (C=O) groups is 1. The summed E-state index contributed by atoms with van der Waals surface area (Å²) in [4.78, 5) is 28.6. The van der Waals surface area contributed by atoms with Crippen LogP contribution in [0.5, 0.6) is 6.01 Å². The molecule has 0 aliphatic carbocycles. The highest BCUT2D eigenvalue weighted by atomic mass is 19.4. The molecule has 1 aromatic carbocycles. The van der Waals surface area contributed by atoms with Crippen molar-refractivity contribution in [2.24, 2.45) is 0 Å². The van der Waals surface area contributed by atoms with Gasteiger partial charge in [0.05, 0.1) is 34.7 Å². The lowest BCUT2D eigenvalue weighted by molar-refractivity contribution is -0.154. The van der Waals surface area contributed by atoms with Crippen molar-refractivity contribution in [2.75, 3.05) is 31.2 Å². The van der Waals surface area contributed by atoms with Crippen LogP contribution in [-0.2, 0) is 15.7 Å². The van der Waals surface area contributed by atoms with Gasteiger partial charge in [-0.05, 0) is 65.0 Å². The van der Waals surface area contributed by atoms with Gasteiger partial charge in [0, 0.05) is 36.8 Å². The van der Waals surface area contributed by atoms with Crippen LogP contribution in [0.1, 0.15) is 64.7 Å². The Labute approximate surface area is 286 Å². The molecule has 7 rings (SSSR count). The Morgan fingerprint density at radius 1 is 0.961 bits per heavy atom. The topological polar surface area (TPSA) is 108 Å². The standard InChI is InChI=1S/C33H34F7N7O4/c1-31(2,3)51-30(48)46-17-7-8-18(46)15-45(14-17)28-20-12-41-27(25(34)26(20)43-29(44-28)50-16-32(35,36)37)24-19-13-42-47(23-6-4-5-11-49-23)22(19)10-9-21(24)33(38,39)40/h9-10,12-13,17-18,23H,4-8,11,14-16H2,1-3H3/t17-,18+,23?. The zero-order valence-corrected chi connectivity index (χ0v) is 27.8. The predicted molar refractivity (Wildman–Crippen MR) is 169 cm³/mol. The maximum atomic E-state index is 16.8. The molecule has 3 fully saturated rings. The van der Waals surface area contributed by atoms with E-state index in [1.165, 1.54) is 16.9 Å².